The first-order valence-electron chi connectivity index (χ1n) is 25.8. The highest BCUT2D eigenvalue weighted by atomic mass is 16.3. The molecular formula is C66H59BN2O. The molecule has 0 unspecified atom stereocenters. The zero-order valence-electron chi connectivity index (χ0n) is 42.5. The molecule has 2 aliphatic heterocycles. The summed E-state index contributed by atoms with van der Waals surface area (Å²) in [5.41, 5.74) is 28.7. The number of hydrogen-bond donors (Lipinski definition) is 0. The molecule has 3 aliphatic carbocycles. The van der Waals surface area contributed by atoms with Crippen molar-refractivity contribution in [2.75, 3.05) is 4.81 Å². The molecule has 0 bridgehead atoms. The van der Waals surface area contributed by atoms with Crippen LogP contribution in [0.5, 0.6) is 0 Å². The Morgan fingerprint density at radius 3 is 1.90 bits per heavy atom. The van der Waals surface area contributed by atoms with Crippen molar-refractivity contribution < 1.29 is 4.42 Å². The molecule has 0 atom stereocenters. The number of nitrogens with zero attached hydrogens (tertiary/aromatic N) is 2. The Bertz CT molecular complexity index is 4050. The number of fused-ring (bicyclic) bond motifs is 20. The molecule has 70 heavy (non-hydrogen) atoms. The monoisotopic (exact) mass is 906 g/mol. The van der Waals surface area contributed by atoms with Gasteiger partial charge in [-0.25, -0.2) is 0 Å². The zero-order valence-corrected chi connectivity index (χ0v) is 42.5. The van der Waals surface area contributed by atoms with Crippen LogP contribution < -0.4 is 15.7 Å². The van der Waals surface area contributed by atoms with Gasteiger partial charge in [-0.1, -0.05) is 155 Å². The number of aromatic nitrogens is 1. The topological polar surface area (TPSA) is 21.3 Å². The molecule has 0 saturated heterocycles. The summed E-state index contributed by atoms with van der Waals surface area (Å²) < 4.78 is 9.66. The minimum Gasteiger partial charge on any atom is -0.456 e. The van der Waals surface area contributed by atoms with Crippen LogP contribution in [0, 0.1) is 0 Å². The third-order valence-corrected chi connectivity index (χ3v) is 18.5. The van der Waals surface area contributed by atoms with Crippen LogP contribution in [0.2, 0.25) is 0 Å². The third-order valence-electron chi connectivity index (χ3n) is 18.5. The van der Waals surface area contributed by atoms with E-state index in [2.05, 4.69) is 219 Å². The van der Waals surface area contributed by atoms with Gasteiger partial charge in [-0.15, -0.1) is 0 Å². The van der Waals surface area contributed by atoms with Gasteiger partial charge in [0.25, 0.3) is 0 Å². The molecule has 8 aromatic carbocycles. The summed E-state index contributed by atoms with van der Waals surface area (Å²) in [7, 11) is 0. The van der Waals surface area contributed by atoms with E-state index in [0.717, 1.165) is 28.4 Å². The van der Waals surface area contributed by atoms with Crippen molar-refractivity contribution in [3.8, 4) is 39.1 Å². The molecular weight excluding hydrogens is 848 g/mol. The van der Waals surface area contributed by atoms with E-state index in [4.69, 9.17) is 4.42 Å². The maximum Gasteiger partial charge on any atom is 0.333 e. The van der Waals surface area contributed by atoms with E-state index in [1.54, 1.807) is 0 Å². The number of anilines is 2. The van der Waals surface area contributed by atoms with Crippen LogP contribution in [0.25, 0.3) is 82.8 Å². The van der Waals surface area contributed by atoms with Gasteiger partial charge >= 0.3 is 6.85 Å². The predicted octanol–water partition coefficient (Wildman–Crippen LogP) is 16.2. The molecule has 5 aliphatic rings. The van der Waals surface area contributed by atoms with E-state index in [1.165, 1.54) is 129 Å². The normalized spacial score (nSPS) is 17.9. The molecule has 2 aromatic heterocycles. The van der Waals surface area contributed by atoms with Crippen LogP contribution in [0.4, 0.5) is 11.4 Å². The molecule has 0 radical (unpaired) electrons. The van der Waals surface area contributed by atoms with E-state index in [0.29, 0.717) is 0 Å². The van der Waals surface area contributed by atoms with Gasteiger partial charge in [0.15, 0.2) is 0 Å². The first kappa shape index (κ1) is 41.0. The van der Waals surface area contributed by atoms with Gasteiger partial charge in [0.1, 0.15) is 11.2 Å². The van der Waals surface area contributed by atoms with Crippen molar-refractivity contribution in [2.45, 2.75) is 116 Å². The van der Waals surface area contributed by atoms with Crippen LogP contribution in [-0.2, 0) is 27.1 Å². The summed E-state index contributed by atoms with van der Waals surface area (Å²) in [5, 5.41) is 5.11. The largest absolute Gasteiger partial charge is 0.456 e. The number of benzene rings is 8. The number of furan rings is 1. The predicted molar refractivity (Wildman–Crippen MR) is 296 cm³/mol. The molecule has 4 heterocycles. The fourth-order valence-corrected chi connectivity index (χ4v) is 14.7. The summed E-state index contributed by atoms with van der Waals surface area (Å²) in [5.74, 6) is 0. The Hall–Kier alpha value is -6.78. The number of rotatable bonds is 1. The molecule has 10 aromatic rings. The highest BCUT2D eigenvalue weighted by Crippen LogP contribution is 2.62. The molecule has 0 N–H and O–H groups in total. The molecule has 0 saturated carbocycles. The molecule has 342 valence electrons. The van der Waals surface area contributed by atoms with Gasteiger partial charge in [0.2, 0.25) is 0 Å². The van der Waals surface area contributed by atoms with Crippen LogP contribution in [-0.4, -0.2) is 11.4 Å². The third kappa shape index (κ3) is 4.88. The lowest BCUT2D eigenvalue weighted by Crippen LogP contribution is -2.60. The summed E-state index contributed by atoms with van der Waals surface area (Å²) >= 11 is 0. The summed E-state index contributed by atoms with van der Waals surface area (Å²) in [4.78, 5) is 2.74. The van der Waals surface area contributed by atoms with Gasteiger partial charge in [0.05, 0.1) is 11.0 Å². The average Bonchev–Trinajstić information content (AvgIpc) is 4.01. The van der Waals surface area contributed by atoms with Crippen LogP contribution in [0.3, 0.4) is 0 Å². The molecule has 3 nitrogen and oxygen atoms in total. The van der Waals surface area contributed by atoms with Crippen LogP contribution >= 0.6 is 0 Å². The highest BCUT2D eigenvalue weighted by molar-refractivity contribution is 6.94. The first-order chi connectivity index (χ1) is 33.4. The standard InChI is InChI=1S/C66H59BN2O/c1-62(2,3)36-24-26-37(27-25-36)69-52-33-47-41(38-18-12-15-21-45(38)65(47,8)9)30-43(52)57-56-40-20-13-16-22-46(40)66(10,11)59(56)58-44-31-48-49(64(6,7)29-28-63(48,4)5)34-51(44)68-53-32-42-39-19-14-17-23-54(39)70-55(42)35-50(53)67(69)60(57)61(58)68/h12-27,30-35H,28-29H2,1-11H3. The minimum atomic E-state index is -0.267. The van der Waals surface area contributed by atoms with Crippen molar-refractivity contribution in [3.05, 3.63) is 172 Å². The van der Waals surface area contributed by atoms with Gasteiger partial charge < -0.3 is 13.8 Å². The summed E-state index contributed by atoms with van der Waals surface area (Å²) in [6.07, 6.45) is 2.33. The Morgan fingerprint density at radius 2 is 1.17 bits per heavy atom. The molecule has 0 amide bonds. The van der Waals surface area contributed by atoms with E-state index in [1.807, 2.05) is 0 Å². The minimum absolute atomic E-state index is 0.0159. The molecule has 0 fully saturated rings. The molecule has 0 spiro atoms. The lowest BCUT2D eigenvalue weighted by atomic mass is 9.43. The Kier molecular flexibility index (Phi) is 7.48. The summed E-state index contributed by atoms with van der Waals surface area (Å²) in [6.45, 7) is 26.6. The van der Waals surface area contributed by atoms with Gasteiger partial charge in [-0.2, -0.15) is 0 Å². The maximum atomic E-state index is 6.92. The molecule has 15 rings (SSSR count). The highest BCUT2D eigenvalue weighted by Gasteiger charge is 2.51. The SMILES string of the molecule is CC(C)(C)c1ccc(N2B3c4cc5oc6ccccc6c5cc4-n4c5cc6c(cc5c5c7c(c(c3c54)-c3cc4c(cc32)C(C)(C)c2ccccc2-4)-c2ccccc2C7(C)C)C(C)(C)CCC6(C)C)cc1. The van der Waals surface area contributed by atoms with Crippen molar-refractivity contribution in [2.24, 2.45) is 0 Å². The number of hydrogen-bond acceptors (Lipinski definition) is 2. The smallest absolute Gasteiger partial charge is 0.333 e. The van der Waals surface area contributed by atoms with E-state index in [-0.39, 0.29) is 33.9 Å². The van der Waals surface area contributed by atoms with E-state index < -0.39 is 0 Å². The van der Waals surface area contributed by atoms with Gasteiger partial charge in [0, 0.05) is 55.0 Å². The second kappa shape index (κ2) is 12.8. The van der Waals surface area contributed by atoms with Crippen molar-refractivity contribution in [3.63, 3.8) is 0 Å². The van der Waals surface area contributed by atoms with E-state index in [9.17, 15) is 0 Å². The lowest BCUT2D eigenvalue weighted by Gasteiger charge is -2.44. The second-order valence-corrected chi connectivity index (χ2v) is 25.1. The Balaban J connectivity index is 1.20. The van der Waals surface area contributed by atoms with Gasteiger partial charge in [-0.3, -0.25) is 0 Å². The van der Waals surface area contributed by atoms with E-state index >= 15 is 0 Å². The van der Waals surface area contributed by atoms with Crippen molar-refractivity contribution in [1.82, 2.24) is 4.57 Å². The lowest BCUT2D eigenvalue weighted by molar-refractivity contribution is 0.332. The molecule has 4 heteroatoms. The van der Waals surface area contributed by atoms with Crippen molar-refractivity contribution in [1.29, 1.82) is 0 Å². The quantitative estimate of drug-likeness (QED) is 0.153. The number of para-hydroxylation sites is 1. The van der Waals surface area contributed by atoms with Gasteiger partial charge in [-0.05, 0) is 161 Å². The Morgan fingerprint density at radius 1 is 0.514 bits per heavy atom. The fraction of sp³-hybridized carbons (Fsp3) is 0.273. The zero-order chi connectivity index (χ0) is 47.9. The second-order valence-electron chi connectivity index (χ2n) is 25.1. The first-order valence-corrected chi connectivity index (χ1v) is 25.8. The summed E-state index contributed by atoms with van der Waals surface area (Å²) in [6, 6.07) is 52.2. The van der Waals surface area contributed by atoms with Crippen molar-refractivity contribution >= 4 is 72.9 Å². The maximum absolute atomic E-state index is 6.92. The Labute approximate surface area is 412 Å². The van der Waals surface area contributed by atoms with Crippen LogP contribution in [0.1, 0.15) is 128 Å². The fourth-order valence-electron chi connectivity index (χ4n) is 14.7. The van der Waals surface area contributed by atoms with Crippen LogP contribution in [0.15, 0.2) is 138 Å². The average molecular weight is 907 g/mol.